The van der Waals surface area contributed by atoms with Gasteiger partial charge in [-0.2, -0.15) is 0 Å². The van der Waals surface area contributed by atoms with E-state index in [0.717, 1.165) is 12.1 Å². The molecule has 0 aromatic heterocycles. The maximum absolute atomic E-state index is 13.2. The Hall–Kier alpha value is -2.61. The van der Waals surface area contributed by atoms with E-state index < -0.39 is 40.4 Å². The number of nitrogens with one attached hydrogen (secondary N) is 1. The molecule has 0 unspecified atom stereocenters. The molecule has 0 heterocycles. The molecule has 2 N–H and O–H groups in total. The number of halogens is 2. The average molecular weight is 367 g/mol. The summed E-state index contributed by atoms with van der Waals surface area (Å²) >= 11 is 0. The first-order valence-corrected chi connectivity index (χ1v) is 8.62. The van der Waals surface area contributed by atoms with Gasteiger partial charge in [-0.05, 0) is 36.8 Å². The summed E-state index contributed by atoms with van der Waals surface area (Å²) in [7, 11) is -1.41. The molecular formula is C17H15F2NO4S. The molecule has 0 aliphatic heterocycles. The lowest BCUT2D eigenvalue weighted by atomic mass is 10.1. The van der Waals surface area contributed by atoms with Gasteiger partial charge in [0, 0.05) is 16.2 Å². The van der Waals surface area contributed by atoms with E-state index in [2.05, 4.69) is 5.32 Å². The average Bonchev–Trinajstić information content (AvgIpc) is 2.60. The predicted octanol–water partition coefficient (Wildman–Crippen LogP) is 2.35. The van der Waals surface area contributed by atoms with E-state index in [1.165, 1.54) is 0 Å². The number of rotatable bonds is 7. The lowest BCUT2D eigenvalue weighted by molar-refractivity contribution is -0.139. The summed E-state index contributed by atoms with van der Waals surface area (Å²) in [6.07, 6.45) is -0.0771. The van der Waals surface area contributed by atoms with E-state index in [1.54, 1.807) is 30.3 Å². The fraction of sp³-hybridized carbons (Fsp3) is 0.176. The summed E-state index contributed by atoms with van der Waals surface area (Å²) in [5.74, 6) is -4.44. The lowest BCUT2D eigenvalue weighted by Crippen LogP contribution is -2.41. The molecule has 0 aliphatic carbocycles. The number of benzene rings is 2. The molecule has 0 saturated heterocycles. The summed E-state index contributed by atoms with van der Waals surface area (Å²) in [5, 5.41) is 11.4. The van der Waals surface area contributed by atoms with Gasteiger partial charge in [0.2, 0.25) is 0 Å². The molecule has 5 nitrogen and oxygen atoms in total. The van der Waals surface area contributed by atoms with Crippen molar-refractivity contribution in [1.29, 1.82) is 0 Å². The van der Waals surface area contributed by atoms with Gasteiger partial charge in [0.05, 0.1) is 10.8 Å². The molecule has 0 saturated carbocycles. The quantitative estimate of drug-likeness (QED) is 0.787. The SMILES string of the molecule is O=C(N[C@@H](CC[S@@](=O)c1ccccc1)C(=O)O)c1ccc(F)c(F)c1. The minimum atomic E-state index is -1.41. The van der Waals surface area contributed by atoms with Gasteiger partial charge in [0.15, 0.2) is 11.6 Å². The van der Waals surface area contributed by atoms with Crippen molar-refractivity contribution in [3.8, 4) is 0 Å². The molecule has 8 heteroatoms. The third-order valence-electron chi connectivity index (χ3n) is 3.38. The van der Waals surface area contributed by atoms with E-state index in [-0.39, 0.29) is 17.7 Å². The fourth-order valence-corrected chi connectivity index (χ4v) is 3.20. The monoisotopic (exact) mass is 367 g/mol. The van der Waals surface area contributed by atoms with Crippen LogP contribution in [0.15, 0.2) is 53.4 Å². The maximum Gasteiger partial charge on any atom is 0.326 e. The van der Waals surface area contributed by atoms with Gasteiger partial charge in [-0.25, -0.2) is 13.6 Å². The Morgan fingerprint density at radius 1 is 1.08 bits per heavy atom. The van der Waals surface area contributed by atoms with Crippen LogP contribution in [0.3, 0.4) is 0 Å². The highest BCUT2D eigenvalue weighted by Crippen LogP contribution is 2.11. The Morgan fingerprint density at radius 2 is 1.76 bits per heavy atom. The van der Waals surface area contributed by atoms with Crippen LogP contribution in [0.1, 0.15) is 16.8 Å². The first kappa shape index (κ1) is 18.7. The highest BCUT2D eigenvalue weighted by atomic mass is 32.2. The first-order chi connectivity index (χ1) is 11.9. The van der Waals surface area contributed by atoms with Crippen LogP contribution in [0.2, 0.25) is 0 Å². The normalized spacial score (nSPS) is 13.0. The second-order valence-corrected chi connectivity index (χ2v) is 6.72. The molecule has 0 fully saturated rings. The summed E-state index contributed by atoms with van der Waals surface area (Å²) in [6.45, 7) is 0. The van der Waals surface area contributed by atoms with Gasteiger partial charge >= 0.3 is 5.97 Å². The van der Waals surface area contributed by atoms with Gasteiger partial charge < -0.3 is 10.4 Å². The Morgan fingerprint density at radius 3 is 2.36 bits per heavy atom. The van der Waals surface area contributed by atoms with Gasteiger partial charge in [0.1, 0.15) is 6.04 Å². The van der Waals surface area contributed by atoms with Crippen LogP contribution in [0.5, 0.6) is 0 Å². The number of carbonyl (C=O) groups excluding carboxylic acids is 1. The van der Waals surface area contributed by atoms with Crippen molar-refractivity contribution in [2.24, 2.45) is 0 Å². The topological polar surface area (TPSA) is 83.5 Å². The fourth-order valence-electron chi connectivity index (χ4n) is 2.05. The van der Waals surface area contributed by atoms with Crippen LogP contribution >= 0.6 is 0 Å². The van der Waals surface area contributed by atoms with Crippen molar-refractivity contribution in [2.45, 2.75) is 17.4 Å². The molecule has 0 aliphatic rings. The second-order valence-electron chi connectivity index (χ2n) is 5.14. The predicted molar refractivity (Wildman–Crippen MR) is 87.6 cm³/mol. The number of carbonyl (C=O) groups is 2. The molecule has 2 aromatic carbocycles. The van der Waals surface area contributed by atoms with Crippen molar-refractivity contribution in [3.05, 3.63) is 65.7 Å². The molecule has 2 rings (SSSR count). The zero-order chi connectivity index (χ0) is 18.4. The van der Waals surface area contributed by atoms with Crippen molar-refractivity contribution in [2.75, 3.05) is 5.75 Å². The highest BCUT2D eigenvalue weighted by Gasteiger charge is 2.22. The molecule has 2 aromatic rings. The molecule has 1 amide bonds. The van der Waals surface area contributed by atoms with E-state index in [4.69, 9.17) is 0 Å². The summed E-state index contributed by atoms with van der Waals surface area (Å²) in [6, 6.07) is 9.73. The number of carboxylic acids is 1. The van der Waals surface area contributed by atoms with E-state index in [0.29, 0.717) is 11.0 Å². The number of hydrogen-bond donors (Lipinski definition) is 2. The number of amides is 1. The Kier molecular flexibility index (Phi) is 6.35. The third-order valence-corrected chi connectivity index (χ3v) is 4.79. The number of carboxylic acid groups (broad SMARTS) is 1. The molecule has 25 heavy (non-hydrogen) atoms. The van der Waals surface area contributed by atoms with Crippen LogP contribution < -0.4 is 5.32 Å². The molecule has 0 radical (unpaired) electrons. The van der Waals surface area contributed by atoms with Gasteiger partial charge in [-0.15, -0.1) is 0 Å². The minimum absolute atomic E-state index is 0.0268. The molecule has 2 atom stereocenters. The Labute approximate surface area is 145 Å². The zero-order valence-electron chi connectivity index (χ0n) is 12.9. The van der Waals surface area contributed by atoms with Crippen molar-refractivity contribution < 1.29 is 27.7 Å². The standard InChI is InChI=1S/C17H15F2NO4S/c18-13-7-6-11(10-14(13)19)16(21)20-15(17(22)23)8-9-25(24)12-4-2-1-3-5-12/h1-7,10,15H,8-9H2,(H,20,21)(H,22,23)/t15-,25+/m0/s1. The number of hydrogen-bond acceptors (Lipinski definition) is 3. The summed E-state index contributed by atoms with van der Waals surface area (Å²) in [5.41, 5.74) is -0.200. The van der Waals surface area contributed by atoms with Crippen LogP contribution in [-0.2, 0) is 15.6 Å². The van der Waals surface area contributed by atoms with E-state index in [1.807, 2.05) is 0 Å². The summed E-state index contributed by atoms with van der Waals surface area (Å²) < 4.78 is 38.2. The van der Waals surface area contributed by atoms with E-state index in [9.17, 15) is 27.7 Å². The molecule has 132 valence electrons. The maximum atomic E-state index is 13.2. The van der Waals surface area contributed by atoms with Crippen LogP contribution in [0, 0.1) is 11.6 Å². The molecule has 0 bridgehead atoms. The largest absolute Gasteiger partial charge is 0.480 e. The van der Waals surface area contributed by atoms with Crippen LogP contribution in [0.25, 0.3) is 0 Å². The van der Waals surface area contributed by atoms with Gasteiger partial charge in [-0.3, -0.25) is 9.00 Å². The van der Waals surface area contributed by atoms with Gasteiger partial charge in [0.25, 0.3) is 5.91 Å². The Bertz CT molecular complexity index is 798. The first-order valence-electron chi connectivity index (χ1n) is 7.30. The van der Waals surface area contributed by atoms with Crippen LogP contribution in [0.4, 0.5) is 8.78 Å². The second kappa shape index (κ2) is 8.48. The minimum Gasteiger partial charge on any atom is -0.480 e. The smallest absolute Gasteiger partial charge is 0.326 e. The molecular weight excluding hydrogens is 352 g/mol. The molecule has 0 spiro atoms. The third kappa shape index (κ3) is 5.18. The van der Waals surface area contributed by atoms with Crippen molar-refractivity contribution in [1.82, 2.24) is 5.32 Å². The lowest BCUT2D eigenvalue weighted by Gasteiger charge is -2.14. The van der Waals surface area contributed by atoms with Crippen molar-refractivity contribution in [3.63, 3.8) is 0 Å². The van der Waals surface area contributed by atoms with Gasteiger partial charge in [-0.1, -0.05) is 18.2 Å². The summed E-state index contributed by atoms with van der Waals surface area (Å²) in [4.78, 5) is 23.8. The van der Waals surface area contributed by atoms with Crippen molar-refractivity contribution >= 4 is 22.7 Å². The zero-order valence-corrected chi connectivity index (χ0v) is 13.8. The van der Waals surface area contributed by atoms with Crippen LogP contribution in [-0.4, -0.2) is 33.0 Å². The highest BCUT2D eigenvalue weighted by molar-refractivity contribution is 7.85. The Balaban J connectivity index is 2.00. The number of aliphatic carboxylic acids is 1. The van der Waals surface area contributed by atoms with E-state index >= 15 is 0 Å².